The molecule has 0 bridgehead atoms. The Morgan fingerprint density at radius 3 is 2.14 bits per heavy atom. The van der Waals surface area contributed by atoms with E-state index >= 15 is 0 Å². The minimum atomic E-state index is -0.940. The summed E-state index contributed by atoms with van der Waals surface area (Å²) < 4.78 is 13.8. The maximum Gasteiger partial charge on any atom is 0.108 e. The minimum absolute atomic E-state index is 0.139. The van der Waals surface area contributed by atoms with Crippen LogP contribution < -0.4 is 0 Å². The standard InChI is InChI=1S/C12H21FS/c1-5-12(14-10(2)3)8-6-11(4,13)7-9-12/h5,10H,1,6-9H2,2-4H3. The SMILES string of the molecule is C=CC1(SC(C)C)CCC(C)(F)CC1. The molecule has 1 saturated carbocycles. The number of rotatable bonds is 3. The molecule has 0 aliphatic heterocycles. The van der Waals surface area contributed by atoms with Gasteiger partial charge >= 0.3 is 0 Å². The molecule has 82 valence electrons. The van der Waals surface area contributed by atoms with E-state index in [1.54, 1.807) is 6.92 Å². The summed E-state index contributed by atoms with van der Waals surface area (Å²) in [5, 5.41) is 0.594. The van der Waals surface area contributed by atoms with Crippen LogP contribution in [0.4, 0.5) is 4.39 Å². The molecule has 0 N–H and O–H groups in total. The van der Waals surface area contributed by atoms with Gasteiger partial charge in [-0.05, 0) is 37.9 Å². The normalized spacial score (nSPS) is 38.6. The molecule has 14 heavy (non-hydrogen) atoms. The zero-order valence-electron chi connectivity index (χ0n) is 9.48. The van der Waals surface area contributed by atoms with Crippen molar-refractivity contribution in [3.05, 3.63) is 12.7 Å². The van der Waals surface area contributed by atoms with Crippen molar-refractivity contribution in [3.63, 3.8) is 0 Å². The third-order valence-electron chi connectivity index (χ3n) is 2.98. The summed E-state index contributed by atoms with van der Waals surface area (Å²) >= 11 is 1.94. The van der Waals surface area contributed by atoms with E-state index in [-0.39, 0.29) is 4.75 Å². The molecule has 2 heteroatoms. The van der Waals surface area contributed by atoms with Crippen LogP contribution in [0.25, 0.3) is 0 Å². The molecule has 0 spiro atoms. The molecule has 0 aromatic heterocycles. The fourth-order valence-electron chi connectivity index (χ4n) is 2.03. The van der Waals surface area contributed by atoms with Gasteiger partial charge in [0, 0.05) is 4.75 Å². The average molecular weight is 216 g/mol. The number of thioether (sulfide) groups is 1. The van der Waals surface area contributed by atoms with Crippen LogP contribution >= 0.6 is 11.8 Å². The lowest BCUT2D eigenvalue weighted by Crippen LogP contribution is -2.36. The maximum absolute atomic E-state index is 13.6. The van der Waals surface area contributed by atoms with Crippen molar-refractivity contribution >= 4 is 11.8 Å². The fourth-order valence-corrected chi connectivity index (χ4v) is 3.51. The molecule has 1 aliphatic carbocycles. The highest BCUT2D eigenvalue weighted by Gasteiger charge is 2.39. The van der Waals surface area contributed by atoms with E-state index in [1.807, 2.05) is 17.8 Å². The Hall–Kier alpha value is 0.0200. The Morgan fingerprint density at radius 1 is 1.29 bits per heavy atom. The van der Waals surface area contributed by atoms with Crippen molar-refractivity contribution in [2.75, 3.05) is 0 Å². The lowest BCUT2D eigenvalue weighted by atomic mass is 9.80. The van der Waals surface area contributed by atoms with E-state index < -0.39 is 5.67 Å². The summed E-state index contributed by atoms with van der Waals surface area (Å²) in [6, 6.07) is 0. The Morgan fingerprint density at radius 2 is 1.79 bits per heavy atom. The van der Waals surface area contributed by atoms with Gasteiger partial charge in [-0.2, -0.15) is 0 Å². The summed E-state index contributed by atoms with van der Waals surface area (Å²) in [6.07, 6.45) is 5.27. The molecule has 0 aromatic carbocycles. The van der Waals surface area contributed by atoms with E-state index in [1.165, 1.54) is 0 Å². The van der Waals surface area contributed by atoms with Gasteiger partial charge in [-0.1, -0.05) is 19.9 Å². The third-order valence-corrected chi connectivity index (χ3v) is 4.50. The highest BCUT2D eigenvalue weighted by molar-refractivity contribution is 8.01. The second kappa shape index (κ2) is 4.26. The van der Waals surface area contributed by atoms with E-state index in [0.29, 0.717) is 18.1 Å². The van der Waals surface area contributed by atoms with Crippen LogP contribution in [-0.4, -0.2) is 15.7 Å². The Labute approximate surface area is 91.3 Å². The lowest BCUT2D eigenvalue weighted by Gasteiger charge is -2.40. The van der Waals surface area contributed by atoms with E-state index in [4.69, 9.17) is 0 Å². The van der Waals surface area contributed by atoms with E-state index in [2.05, 4.69) is 20.4 Å². The lowest BCUT2D eigenvalue weighted by molar-refractivity contribution is 0.121. The van der Waals surface area contributed by atoms with Gasteiger partial charge in [0.15, 0.2) is 0 Å². The predicted octanol–water partition coefficient (Wildman–Crippen LogP) is 4.36. The molecule has 1 rings (SSSR count). The van der Waals surface area contributed by atoms with Crippen molar-refractivity contribution < 1.29 is 4.39 Å². The molecule has 0 saturated heterocycles. The van der Waals surface area contributed by atoms with Gasteiger partial charge in [-0.3, -0.25) is 0 Å². The smallest absolute Gasteiger partial charge is 0.108 e. The summed E-state index contributed by atoms with van der Waals surface area (Å²) in [6.45, 7) is 10.0. The largest absolute Gasteiger partial charge is 0.244 e. The molecular formula is C12H21FS. The molecular weight excluding hydrogens is 195 g/mol. The molecule has 0 radical (unpaired) electrons. The van der Waals surface area contributed by atoms with Crippen LogP contribution in [0.1, 0.15) is 46.5 Å². The highest BCUT2D eigenvalue weighted by Crippen LogP contribution is 2.46. The number of hydrogen-bond donors (Lipinski definition) is 0. The topological polar surface area (TPSA) is 0 Å². The van der Waals surface area contributed by atoms with Gasteiger partial charge in [0.1, 0.15) is 5.67 Å². The number of hydrogen-bond acceptors (Lipinski definition) is 1. The van der Waals surface area contributed by atoms with Crippen molar-refractivity contribution in [1.29, 1.82) is 0 Å². The quantitative estimate of drug-likeness (QED) is 0.632. The van der Waals surface area contributed by atoms with Crippen LogP contribution in [0.3, 0.4) is 0 Å². The van der Waals surface area contributed by atoms with Gasteiger partial charge in [0.2, 0.25) is 0 Å². The second-order valence-electron chi connectivity index (χ2n) is 4.85. The predicted molar refractivity (Wildman–Crippen MR) is 63.6 cm³/mol. The van der Waals surface area contributed by atoms with Crippen molar-refractivity contribution in [3.8, 4) is 0 Å². The van der Waals surface area contributed by atoms with Gasteiger partial charge in [0.25, 0.3) is 0 Å². The summed E-state index contributed by atoms with van der Waals surface area (Å²) in [4.78, 5) is 0. The first kappa shape index (κ1) is 12.1. The van der Waals surface area contributed by atoms with Crippen LogP contribution in [0.2, 0.25) is 0 Å². The number of alkyl halides is 1. The average Bonchev–Trinajstić information content (AvgIpc) is 2.09. The first-order valence-electron chi connectivity index (χ1n) is 5.39. The van der Waals surface area contributed by atoms with Crippen LogP contribution in [0.15, 0.2) is 12.7 Å². The summed E-state index contributed by atoms with van der Waals surface area (Å²) in [5.74, 6) is 0. The summed E-state index contributed by atoms with van der Waals surface area (Å²) in [7, 11) is 0. The summed E-state index contributed by atoms with van der Waals surface area (Å²) in [5.41, 5.74) is -0.940. The molecule has 0 heterocycles. The minimum Gasteiger partial charge on any atom is -0.244 e. The van der Waals surface area contributed by atoms with Gasteiger partial charge in [-0.25, -0.2) is 4.39 Å². The molecule has 0 amide bonds. The van der Waals surface area contributed by atoms with Crippen molar-refractivity contribution in [2.45, 2.75) is 62.1 Å². The van der Waals surface area contributed by atoms with Gasteiger partial charge in [0.05, 0.1) is 0 Å². The molecule has 0 atom stereocenters. The second-order valence-corrected chi connectivity index (χ2v) is 6.84. The fraction of sp³-hybridized carbons (Fsp3) is 0.833. The zero-order valence-corrected chi connectivity index (χ0v) is 10.3. The number of halogens is 1. The van der Waals surface area contributed by atoms with Crippen molar-refractivity contribution in [2.24, 2.45) is 0 Å². The molecule has 1 fully saturated rings. The van der Waals surface area contributed by atoms with Gasteiger partial charge < -0.3 is 0 Å². The molecule has 1 aliphatic rings. The van der Waals surface area contributed by atoms with Crippen LogP contribution in [0.5, 0.6) is 0 Å². The first-order valence-corrected chi connectivity index (χ1v) is 6.27. The Bertz CT molecular complexity index is 198. The highest BCUT2D eigenvalue weighted by atomic mass is 32.2. The zero-order chi connectivity index (χ0) is 10.8. The van der Waals surface area contributed by atoms with Gasteiger partial charge in [-0.15, -0.1) is 18.3 Å². The third kappa shape index (κ3) is 3.01. The molecule has 0 nitrogen and oxygen atoms in total. The van der Waals surface area contributed by atoms with E-state index in [0.717, 1.165) is 12.8 Å². The maximum atomic E-state index is 13.6. The van der Waals surface area contributed by atoms with E-state index in [9.17, 15) is 4.39 Å². The van der Waals surface area contributed by atoms with Crippen molar-refractivity contribution in [1.82, 2.24) is 0 Å². The molecule has 0 aromatic rings. The molecule has 0 unspecified atom stereocenters. The first-order chi connectivity index (χ1) is 6.39. The Kier molecular flexibility index (Phi) is 3.68. The van der Waals surface area contributed by atoms with Crippen LogP contribution in [0, 0.1) is 0 Å². The Balaban J connectivity index is 2.61. The monoisotopic (exact) mass is 216 g/mol. The van der Waals surface area contributed by atoms with Crippen LogP contribution in [-0.2, 0) is 0 Å².